The first kappa shape index (κ1) is 32.0. The van der Waals surface area contributed by atoms with Crippen molar-refractivity contribution in [3.63, 3.8) is 0 Å². The summed E-state index contributed by atoms with van der Waals surface area (Å²) in [6.45, 7) is 3.66. The third-order valence-electron chi connectivity index (χ3n) is 5.70. The highest BCUT2D eigenvalue weighted by Gasteiger charge is 2.49. The van der Waals surface area contributed by atoms with Crippen molar-refractivity contribution in [1.29, 1.82) is 0 Å². The molecule has 1 N–H and O–H groups in total. The Morgan fingerprint density at radius 3 is 1.77 bits per heavy atom. The van der Waals surface area contributed by atoms with Crippen molar-refractivity contribution in [3.05, 3.63) is 70.8 Å². The van der Waals surface area contributed by atoms with E-state index in [9.17, 15) is 37.1 Å². The average Bonchev–Trinajstić information content (AvgIpc) is 2.89. The lowest BCUT2D eigenvalue weighted by Crippen LogP contribution is -2.61. The first-order valence-electron chi connectivity index (χ1n) is 12.4. The molecule has 0 spiro atoms. The van der Waals surface area contributed by atoms with E-state index in [0.29, 0.717) is 11.1 Å². The van der Waals surface area contributed by atoms with Gasteiger partial charge in [0.2, 0.25) is 11.4 Å². The summed E-state index contributed by atoms with van der Waals surface area (Å²) in [5.74, 6) is -3.83. The molecule has 0 unspecified atom stereocenters. The molecule has 2 rings (SSSR count). The van der Waals surface area contributed by atoms with Gasteiger partial charge >= 0.3 is 24.1 Å². The van der Waals surface area contributed by atoms with E-state index in [4.69, 9.17) is 14.2 Å². The number of ether oxygens (including phenoxy) is 3. The molecule has 0 heterocycles. The van der Waals surface area contributed by atoms with Crippen LogP contribution in [-0.2, 0) is 52.4 Å². The zero-order chi connectivity index (χ0) is 29.9. The van der Waals surface area contributed by atoms with Crippen LogP contribution in [0.3, 0.4) is 0 Å². The maximum Gasteiger partial charge on any atom is 0.416 e. The zero-order valence-electron chi connectivity index (χ0n) is 22.3. The lowest BCUT2D eigenvalue weighted by Gasteiger charge is -2.29. The number of Topliss-reactive ketones (excluding diaryl/α,β-unsaturated/α-hetero) is 1. The molecule has 12 heteroatoms. The molecule has 0 aromatic heterocycles. The van der Waals surface area contributed by atoms with Crippen LogP contribution >= 0.6 is 0 Å². The van der Waals surface area contributed by atoms with Crippen molar-refractivity contribution < 1.29 is 51.4 Å². The number of carbonyl (C=O) groups is 5. The van der Waals surface area contributed by atoms with Crippen LogP contribution in [-0.4, -0.2) is 55.0 Å². The Labute approximate surface area is 229 Å². The monoisotopic (exact) mass is 565 g/mol. The van der Waals surface area contributed by atoms with Crippen molar-refractivity contribution >= 4 is 29.6 Å². The van der Waals surface area contributed by atoms with E-state index in [1.807, 2.05) is 0 Å². The highest BCUT2D eigenvalue weighted by molar-refractivity contribution is 6.07. The summed E-state index contributed by atoms with van der Waals surface area (Å²) in [6, 6.07) is 10.1. The topological polar surface area (TPSA) is 125 Å². The van der Waals surface area contributed by atoms with Crippen LogP contribution < -0.4 is 5.32 Å². The molecule has 0 radical (unpaired) electrons. The van der Waals surface area contributed by atoms with E-state index in [1.54, 1.807) is 26.0 Å². The number of aryl methyl sites for hydroxylation is 1. The maximum atomic E-state index is 12.7. The Morgan fingerprint density at radius 2 is 1.30 bits per heavy atom. The fourth-order valence-electron chi connectivity index (χ4n) is 3.71. The minimum Gasteiger partial charge on any atom is -0.464 e. The summed E-state index contributed by atoms with van der Waals surface area (Å²) in [4.78, 5) is 61.7. The highest BCUT2D eigenvalue weighted by Crippen LogP contribution is 2.29. The first-order chi connectivity index (χ1) is 18.8. The van der Waals surface area contributed by atoms with Gasteiger partial charge in [0.15, 0.2) is 12.4 Å². The minimum absolute atomic E-state index is 0.0225. The van der Waals surface area contributed by atoms with E-state index in [-0.39, 0.29) is 38.0 Å². The predicted octanol–water partition coefficient (Wildman–Crippen LogP) is 3.61. The number of benzene rings is 2. The van der Waals surface area contributed by atoms with Gasteiger partial charge in [-0.2, -0.15) is 13.2 Å². The van der Waals surface area contributed by atoms with Crippen molar-refractivity contribution in [1.82, 2.24) is 5.32 Å². The van der Waals surface area contributed by atoms with Crippen molar-refractivity contribution in [2.24, 2.45) is 0 Å². The normalized spacial score (nSPS) is 11.3. The lowest BCUT2D eigenvalue weighted by molar-refractivity contribution is -0.168. The lowest BCUT2D eigenvalue weighted by atomic mass is 9.90. The molecule has 1 amide bonds. The number of esters is 3. The number of halogens is 3. The molecule has 9 nitrogen and oxygen atoms in total. The van der Waals surface area contributed by atoms with Gasteiger partial charge in [-0.05, 0) is 49.9 Å². The average molecular weight is 566 g/mol. The fourth-order valence-corrected chi connectivity index (χ4v) is 3.71. The van der Waals surface area contributed by atoms with Crippen molar-refractivity contribution in [2.45, 2.75) is 51.7 Å². The summed E-state index contributed by atoms with van der Waals surface area (Å²) >= 11 is 0. The third kappa shape index (κ3) is 8.92. The van der Waals surface area contributed by atoms with E-state index < -0.39 is 53.5 Å². The molecule has 2 aromatic rings. The van der Waals surface area contributed by atoms with Gasteiger partial charge in [0.05, 0.1) is 25.2 Å². The molecule has 0 atom stereocenters. The van der Waals surface area contributed by atoms with Gasteiger partial charge in [-0.25, -0.2) is 9.59 Å². The molecule has 40 heavy (non-hydrogen) atoms. The van der Waals surface area contributed by atoms with Crippen molar-refractivity contribution in [2.75, 3.05) is 19.8 Å². The number of hydrogen-bond acceptors (Lipinski definition) is 8. The first-order valence-corrected chi connectivity index (χ1v) is 12.4. The SMILES string of the molecule is CCOC(=O)C(CCc1ccc(C(=O)COC(=O)Cc2ccc(C(F)(F)F)cc2)cc1)(NC(C)=O)C(=O)OCC. The van der Waals surface area contributed by atoms with Crippen LogP contribution in [0, 0.1) is 0 Å². The van der Waals surface area contributed by atoms with E-state index >= 15 is 0 Å². The van der Waals surface area contributed by atoms with Gasteiger partial charge in [-0.15, -0.1) is 0 Å². The number of nitrogens with one attached hydrogen (secondary N) is 1. The highest BCUT2D eigenvalue weighted by atomic mass is 19.4. The largest absolute Gasteiger partial charge is 0.464 e. The number of ketones is 1. The molecule has 0 bridgehead atoms. The molecular formula is C28H30F3NO8. The Balaban J connectivity index is 2.01. The fraction of sp³-hybridized carbons (Fsp3) is 0.393. The summed E-state index contributed by atoms with van der Waals surface area (Å²) in [5.41, 5.74) is -1.75. The number of rotatable bonds is 13. The summed E-state index contributed by atoms with van der Waals surface area (Å²) in [7, 11) is 0. The summed E-state index contributed by atoms with van der Waals surface area (Å²) in [5, 5.41) is 2.38. The number of carbonyl (C=O) groups excluding carboxylic acids is 5. The second-order valence-electron chi connectivity index (χ2n) is 8.68. The molecule has 216 valence electrons. The summed E-state index contributed by atoms with van der Waals surface area (Å²) in [6.07, 6.45) is -4.83. The molecule has 0 saturated carbocycles. The van der Waals surface area contributed by atoms with Gasteiger partial charge in [0.25, 0.3) is 0 Å². The summed E-state index contributed by atoms with van der Waals surface area (Å²) < 4.78 is 53.0. The van der Waals surface area contributed by atoms with Crippen LogP contribution in [0.1, 0.15) is 54.2 Å². The van der Waals surface area contributed by atoms with Gasteiger partial charge < -0.3 is 19.5 Å². The number of amides is 1. The van der Waals surface area contributed by atoms with Crippen LogP contribution in [0.4, 0.5) is 13.2 Å². The molecule has 0 aliphatic heterocycles. The van der Waals surface area contributed by atoms with E-state index in [0.717, 1.165) is 31.2 Å². The molecule has 0 aliphatic rings. The van der Waals surface area contributed by atoms with Gasteiger partial charge in [0, 0.05) is 12.5 Å². The van der Waals surface area contributed by atoms with Gasteiger partial charge in [0.1, 0.15) is 0 Å². The molecule has 0 aliphatic carbocycles. The molecule has 2 aromatic carbocycles. The zero-order valence-corrected chi connectivity index (χ0v) is 22.3. The number of hydrogen-bond donors (Lipinski definition) is 1. The number of alkyl halides is 3. The second-order valence-corrected chi connectivity index (χ2v) is 8.68. The van der Waals surface area contributed by atoms with E-state index in [1.165, 1.54) is 12.1 Å². The molecule has 0 fully saturated rings. The quantitative estimate of drug-likeness (QED) is 0.169. The van der Waals surface area contributed by atoms with Gasteiger partial charge in [-0.3, -0.25) is 14.4 Å². The van der Waals surface area contributed by atoms with Crippen LogP contribution in [0.15, 0.2) is 48.5 Å². The van der Waals surface area contributed by atoms with Crippen LogP contribution in [0.2, 0.25) is 0 Å². The van der Waals surface area contributed by atoms with Crippen LogP contribution in [0.5, 0.6) is 0 Å². The third-order valence-corrected chi connectivity index (χ3v) is 5.70. The standard InChI is InChI=1S/C28H30F3NO8/c1-4-38-25(36)27(32-18(3)33,26(37)39-5-2)15-14-19-6-10-21(11-7-19)23(34)17-40-24(35)16-20-8-12-22(13-9-20)28(29,30)31/h6-13H,4-5,14-17H2,1-3H3,(H,32,33). The van der Waals surface area contributed by atoms with Gasteiger partial charge in [-0.1, -0.05) is 36.4 Å². The Hall–Kier alpha value is -4.22. The van der Waals surface area contributed by atoms with E-state index in [2.05, 4.69) is 5.32 Å². The minimum atomic E-state index is -4.49. The molecule has 0 saturated heterocycles. The Bertz CT molecular complexity index is 1190. The maximum absolute atomic E-state index is 12.7. The smallest absolute Gasteiger partial charge is 0.416 e. The Kier molecular flexibility index (Phi) is 11.4. The van der Waals surface area contributed by atoms with Crippen molar-refractivity contribution in [3.8, 4) is 0 Å². The second kappa shape index (κ2) is 14.2. The van der Waals surface area contributed by atoms with Crippen LogP contribution in [0.25, 0.3) is 0 Å². The molecular weight excluding hydrogens is 535 g/mol. The Morgan fingerprint density at radius 1 is 0.775 bits per heavy atom. The predicted molar refractivity (Wildman–Crippen MR) is 135 cm³/mol.